The van der Waals surface area contributed by atoms with E-state index in [9.17, 15) is 9.59 Å². The first-order valence-electron chi connectivity index (χ1n) is 7.46. The molecule has 0 radical (unpaired) electrons. The summed E-state index contributed by atoms with van der Waals surface area (Å²) in [7, 11) is 3.95. The molecule has 1 aliphatic rings. The Morgan fingerprint density at radius 1 is 0.957 bits per heavy atom. The predicted molar refractivity (Wildman–Crippen MR) is 92.3 cm³/mol. The van der Waals surface area contributed by atoms with Gasteiger partial charge < -0.3 is 4.90 Å². The Hall–Kier alpha value is -2.88. The van der Waals surface area contributed by atoms with Crippen LogP contribution in [0.3, 0.4) is 0 Å². The van der Waals surface area contributed by atoms with Crippen LogP contribution < -0.4 is 9.80 Å². The number of nitrogens with zero attached hydrogens (tertiary/aromatic N) is 2. The number of carbonyl (C=O) groups is 2. The van der Waals surface area contributed by atoms with E-state index in [4.69, 9.17) is 0 Å². The Labute approximate surface area is 135 Å². The van der Waals surface area contributed by atoms with Gasteiger partial charge in [-0.05, 0) is 35.9 Å². The molecule has 0 saturated carbocycles. The number of rotatable bonds is 3. The molecule has 0 spiro atoms. The van der Waals surface area contributed by atoms with Crippen molar-refractivity contribution in [1.82, 2.24) is 0 Å². The van der Waals surface area contributed by atoms with Crippen LogP contribution >= 0.6 is 0 Å². The maximum absolute atomic E-state index is 12.5. The molecule has 1 fully saturated rings. The summed E-state index contributed by atoms with van der Waals surface area (Å²) in [5, 5.41) is 0. The fourth-order valence-electron chi connectivity index (χ4n) is 2.60. The molecule has 4 nitrogen and oxygen atoms in total. The third-order valence-electron chi connectivity index (χ3n) is 3.83. The molecule has 0 atom stereocenters. The van der Waals surface area contributed by atoms with Crippen molar-refractivity contribution in [3.05, 3.63) is 65.7 Å². The normalized spacial score (nSPS) is 16.3. The average molecular weight is 306 g/mol. The van der Waals surface area contributed by atoms with Gasteiger partial charge in [-0.1, -0.05) is 30.3 Å². The smallest absolute Gasteiger partial charge is 0.261 e. The van der Waals surface area contributed by atoms with Crippen molar-refractivity contribution in [3.63, 3.8) is 0 Å². The zero-order valence-electron chi connectivity index (χ0n) is 13.2. The topological polar surface area (TPSA) is 40.6 Å². The summed E-state index contributed by atoms with van der Waals surface area (Å²) in [6.07, 6.45) is 1.94. The predicted octanol–water partition coefficient (Wildman–Crippen LogP) is 3.10. The number of hydrogen-bond donors (Lipinski definition) is 0. The van der Waals surface area contributed by atoms with Crippen LogP contribution in [0.25, 0.3) is 6.08 Å². The third-order valence-corrected chi connectivity index (χ3v) is 3.83. The zero-order valence-corrected chi connectivity index (χ0v) is 13.2. The van der Waals surface area contributed by atoms with Gasteiger partial charge in [-0.3, -0.25) is 9.59 Å². The number of amides is 2. The Balaban J connectivity index is 1.87. The Kier molecular flexibility index (Phi) is 3.98. The standard InChI is InChI=1S/C19H18N2O2/c1-20(2)16-10-8-14(9-11-16)12-15-13-18(22)21(19(15)23)17-6-4-3-5-7-17/h3-12H,13H2,1-2H3. The lowest BCUT2D eigenvalue weighted by molar-refractivity contribution is -0.120. The molecule has 23 heavy (non-hydrogen) atoms. The number of carbonyl (C=O) groups excluding carboxylic acids is 2. The van der Waals surface area contributed by atoms with Gasteiger partial charge >= 0.3 is 0 Å². The summed E-state index contributed by atoms with van der Waals surface area (Å²) < 4.78 is 0. The van der Waals surface area contributed by atoms with Crippen LogP contribution in [0.2, 0.25) is 0 Å². The van der Waals surface area contributed by atoms with Gasteiger partial charge in [-0.25, -0.2) is 4.90 Å². The minimum atomic E-state index is -0.238. The van der Waals surface area contributed by atoms with Crippen LogP contribution in [0.1, 0.15) is 12.0 Å². The highest BCUT2D eigenvalue weighted by Crippen LogP contribution is 2.27. The van der Waals surface area contributed by atoms with Crippen molar-refractivity contribution < 1.29 is 9.59 Å². The van der Waals surface area contributed by atoms with E-state index in [2.05, 4.69) is 0 Å². The number of imide groups is 1. The molecule has 1 heterocycles. The van der Waals surface area contributed by atoms with Crippen LogP contribution in [0, 0.1) is 0 Å². The first-order valence-corrected chi connectivity index (χ1v) is 7.46. The highest BCUT2D eigenvalue weighted by molar-refractivity contribution is 6.29. The Bertz CT molecular complexity index is 762. The quantitative estimate of drug-likeness (QED) is 0.646. The van der Waals surface area contributed by atoms with E-state index in [0.29, 0.717) is 11.3 Å². The Morgan fingerprint density at radius 3 is 2.22 bits per heavy atom. The number of para-hydroxylation sites is 1. The third kappa shape index (κ3) is 3.01. The maximum Gasteiger partial charge on any atom is 0.261 e. The van der Waals surface area contributed by atoms with Gasteiger partial charge in [0.1, 0.15) is 0 Å². The SMILES string of the molecule is CN(C)c1ccc(C=C2CC(=O)N(c3ccccc3)C2=O)cc1. The summed E-state index contributed by atoms with van der Waals surface area (Å²) in [5.74, 6) is -0.421. The van der Waals surface area contributed by atoms with Crippen molar-refractivity contribution in [3.8, 4) is 0 Å². The van der Waals surface area contributed by atoms with Gasteiger partial charge in [-0.2, -0.15) is 0 Å². The minimum absolute atomic E-state index is 0.142. The van der Waals surface area contributed by atoms with Crippen LogP contribution in [0.4, 0.5) is 11.4 Å². The lowest BCUT2D eigenvalue weighted by Gasteiger charge is -2.13. The molecule has 0 unspecified atom stereocenters. The molecule has 2 aromatic rings. The molecule has 1 saturated heterocycles. The van der Waals surface area contributed by atoms with E-state index in [0.717, 1.165) is 11.3 Å². The van der Waals surface area contributed by atoms with E-state index < -0.39 is 0 Å². The van der Waals surface area contributed by atoms with Gasteiger partial charge in [0.15, 0.2) is 0 Å². The molecule has 1 aliphatic heterocycles. The lowest BCUT2D eigenvalue weighted by atomic mass is 10.1. The summed E-state index contributed by atoms with van der Waals surface area (Å²) in [4.78, 5) is 28.0. The molecular formula is C19H18N2O2. The Morgan fingerprint density at radius 2 is 1.61 bits per heavy atom. The first kappa shape index (κ1) is 15.0. The van der Waals surface area contributed by atoms with E-state index in [1.54, 1.807) is 18.2 Å². The van der Waals surface area contributed by atoms with Crippen molar-refractivity contribution >= 4 is 29.3 Å². The van der Waals surface area contributed by atoms with Gasteiger partial charge in [0.2, 0.25) is 5.91 Å². The van der Waals surface area contributed by atoms with Crippen LogP contribution in [0.5, 0.6) is 0 Å². The van der Waals surface area contributed by atoms with Gasteiger partial charge in [0.25, 0.3) is 5.91 Å². The molecule has 0 aliphatic carbocycles. The molecule has 0 bridgehead atoms. The second kappa shape index (κ2) is 6.08. The van der Waals surface area contributed by atoms with E-state index in [1.165, 1.54) is 4.90 Å². The van der Waals surface area contributed by atoms with Gasteiger partial charge in [0.05, 0.1) is 12.1 Å². The largest absolute Gasteiger partial charge is 0.378 e. The molecule has 0 aromatic heterocycles. The fourth-order valence-corrected chi connectivity index (χ4v) is 2.60. The average Bonchev–Trinajstić information content (AvgIpc) is 2.82. The fraction of sp³-hybridized carbons (Fsp3) is 0.158. The second-order valence-corrected chi connectivity index (χ2v) is 5.70. The van der Waals surface area contributed by atoms with E-state index >= 15 is 0 Å². The van der Waals surface area contributed by atoms with E-state index in [-0.39, 0.29) is 18.2 Å². The molecule has 0 N–H and O–H groups in total. The summed E-state index contributed by atoms with van der Waals surface area (Å²) in [6.45, 7) is 0. The molecule has 3 rings (SSSR count). The summed E-state index contributed by atoms with van der Waals surface area (Å²) in [5.41, 5.74) is 3.15. The zero-order chi connectivity index (χ0) is 16.4. The number of benzene rings is 2. The first-order chi connectivity index (χ1) is 11.1. The molecule has 2 aromatic carbocycles. The monoisotopic (exact) mass is 306 g/mol. The number of anilines is 2. The van der Waals surface area contributed by atoms with Crippen molar-refractivity contribution in [2.75, 3.05) is 23.9 Å². The van der Waals surface area contributed by atoms with Crippen LogP contribution in [-0.2, 0) is 9.59 Å². The van der Waals surface area contributed by atoms with Gasteiger partial charge in [0, 0.05) is 25.4 Å². The molecule has 4 heteroatoms. The van der Waals surface area contributed by atoms with E-state index in [1.807, 2.05) is 61.5 Å². The van der Waals surface area contributed by atoms with Crippen molar-refractivity contribution in [2.45, 2.75) is 6.42 Å². The molecular weight excluding hydrogens is 288 g/mol. The van der Waals surface area contributed by atoms with Crippen molar-refractivity contribution in [1.29, 1.82) is 0 Å². The summed E-state index contributed by atoms with van der Waals surface area (Å²) >= 11 is 0. The molecule has 2 amide bonds. The minimum Gasteiger partial charge on any atom is -0.378 e. The summed E-state index contributed by atoms with van der Waals surface area (Å²) in [6, 6.07) is 16.9. The maximum atomic E-state index is 12.5. The van der Waals surface area contributed by atoms with Crippen LogP contribution in [-0.4, -0.2) is 25.9 Å². The molecule has 116 valence electrons. The van der Waals surface area contributed by atoms with Crippen LogP contribution in [0.15, 0.2) is 60.2 Å². The van der Waals surface area contributed by atoms with Crippen molar-refractivity contribution in [2.24, 2.45) is 0 Å². The highest BCUT2D eigenvalue weighted by Gasteiger charge is 2.34. The lowest BCUT2D eigenvalue weighted by Crippen LogP contribution is -2.28. The number of hydrogen-bond acceptors (Lipinski definition) is 3. The van der Waals surface area contributed by atoms with Gasteiger partial charge in [-0.15, -0.1) is 0 Å². The highest BCUT2D eigenvalue weighted by atomic mass is 16.2. The second-order valence-electron chi connectivity index (χ2n) is 5.70.